The summed E-state index contributed by atoms with van der Waals surface area (Å²) in [5, 5.41) is 6.35. The monoisotopic (exact) mass is 290 g/mol. The third-order valence-corrected chi connectivity index (χ3v) is 4.21. The molecule has 0 aliphatic carbocycles. The number of hydrogen-bond donors (Lipinski definition) is 2. The van der Waals surface area contributed by atoms with E-state index in [-0.39, 0.29) is 5.69 Å². The molecular formula is C14H22N6O. The number of rotatable bonds is 5. The minimum Gasteiger partial charge on any atom is -0.334 e. The van der Waals surface area contributed by atoms with E-state index < -0.39 is 0 Å². The fourth-order valence-electron chi connectivity index (χ4n) is 3.07. The Kier molecular flexibility index (Phi) is 4.19. The van der Waals surface area contributed by atoms with E-state index in [2.05, 4.69) is 36.6 Å². The minimum atomic E-state index is -0.248. The molecule has 1 aliphatic heterocycles. The molecule has 21 heavy (non-hydrogen) atoms. The van der Waals surface area contributed by atoms with Crippen LogP contribution in [-0.4, -0.2) is 49.3 Å². The van der Waals surface area contributed by atoms with Gasteiger partial charge in [0.2, 0.25) is 0 Å². The predicted octanol–water partition coefficient (Wildman–Crippen LogP) is 0.736. The molecule has 2 aromatic heterocycles. The van der Waals surface area contributed by atoms with E-state index in [4.69, 9.17) is 0 Å². The van der Waals surface area contributed by atoms with Crippen molar-refractivity contribution < 1.29 is 0 Å². The van der Waals surface area contributed by atoms with Gasteiger partial charge in [-0.1, -0.05) is 6.92 Å². The summed E-state index contributed by atoms with van der Waals surface area (Å²) in [5.74, 6) is 2.36. The lowest BCUT2D eigenvalue weighted by Gasteiger charge is -2.31. The number of likely N-dealkylation sites (N-methyl/N-ethyl adjacent to an activating group) is 1. The SMILES string of the molecule is CCN1CCCC(c2nccn2CCc2n[nH]c(=O)[nH]2)C1. The molecule has 2 aromatic rings. The molecule has 1 unspecified atom stereocenters. The van der Waals surface area contributed by atoms with Gasteiger partial charge in [-0.05, 0) is 25.9 Å². The summed E-state index contributed by atoms with van der Waals surface area (Å²) in [6.45, 7) is 6.39. The number of aromatic amines is 2. The van der Waals surface area contributed by atoms with E-state index in [1.165, 1.54) is 19.4 Å². The molecule has 1 saturated heterocycles. The summed E-state index contributed by atoms with van der Waals surface area (Å²) in [4.78, 5) is 20.8. The molecular weight excluding hydrogens is 268 g/mol. The number of aryl methyl sites for hydroxylation is 2. The zero-order valence-electron chi connectivity index (χ0n) is 12.4. The molecule has 0 aromatic carbocycles. The lowest BCUT2D eigenvalue weighted by atomic mass is 9.97. The molecule has 3 rings (SSSR count). The Bertz CT molecular complexity index is 627. The van der Waals surface area contributed by atoms with E-state index in [0.717, 1.165) is 25.5 Å². The second-order valence-electron chi connectivity index (χ2n) is 5.59. The highest BCUT2D eigenvalue weighted by atomic mass is 16.1. The number of nitrogens with one attached hydrogen (secondary N) is 2. The second-order valence-corrected chi connectivity index (χ2v) is 5.59. The van der Waals surface area contributed by atoms with Crippen molar-refractivity contribution in [2.24, 2.45) is 0 Å². The Labute approximate surface area is 123 Å². The second kappa shape index (κ2) is 6.26. The first kappa shape index (κ1) is 14.1. The maximum absolute atomic E-state index is 11.0. The molecule has 0 saturated carbocycles. The molecule has 0 amide bonds. The number of likely N-dealkylation sites (tertiary alicyclic amines) is 1. The highest BCUT2D eigenvalue weighted by Gasteiger charge is 2.23. The van der Waals surface area contributed by atoms with Crippen LogP contribution in [0.1, 0.15) is 37.3 Å². The summed E-state index contributed by atoms with van der Waals surface area (Å²) in [6.07, 6.45) is 7.02. The molecule has 2 N–H and O–H groups in total. The maximum atomic E-state index is 11.0. The summed E-state index contributed by atoms with van der Waals surface area (Å²) >= 11 is 0. The molecule has 1 aliphatic rings. The van der Waals surface area contributed by atoms with Gasteiger partial charge < -0.3 is 9.47 Å². The Hall–Kier alpha value is -1.89. The number of nitrogens with zero attached hydrogens (tertiary/aromatic N) is 4. The van der Waals surface area contributed by atoms with Crippen LogP contribution in [0.15, 0.2) is 17.2 Å². The van der Waals surface area contributed by atoms with Crippen LogP contribution >= 0.6 is 0 Å². The number of H-pyrrole nitrogens is 2. The smallest absolute Gasteiger partial charge is 0.334 e. The molecule has 0 spiro atoms. The Morgan fingerprint density at radius 1 is 1.48 bits per heavy atom. The van der Waals surface area contributed by atoms with Gasteiger partial charge in [-0.15, -0.1) is 0 Å². The van der Waals surface area contributed by atoms with Crippen molar-refractivity contribution in [1.82, 2.24) is 29.6 Å². The van der Waals surface area contributed by atoms with Crippen LogP contribution < -0.4 is 5.69 Å². The van der Waals surface area contributed by atoms with E-state index >= 15 is 0 Å². The van der Waals surface area contributed by atoms with Crippen LogP contribution in [-0.2, 0) is 13.0 Å². The van der Waals surface area contributed by atoms with Crippen LogP contribution in [0.2, 0.25) is 0 Å². The lowest BCUT2D eigenvalue weighted by molar-refractivity contribution is 0.211. The summed E-state index contributed by atoms with van der Waals surface area (Å²) in [7, 11) is 0. The highest BCUT2D eigenvalue weighted by Crippen LogP contribution is 2.25. The number of hydrogen-bond acceptors (Lipinski definition) is 4. The molecule has 7 nitrogen and oxygen atoms in total. The molecule has 7 heteroatoms. The lowest BCUT2D eigenvalue weighted by Crippen LogP contribution is -2.35. The van der Waals surface area contributed by atoms with Crippen molar-refractivity contribution in [2.75, 3.05) is 19.6 Å². The van der Waals surface area contributed by atoms with Gasteiger partial charge in [0.1, 0.15) is 11.6 Å². The van der Waals surface area contributed by atoms with Gasteiger partial charge in [-0.25, -0.2) is 14.9 Å². The van der Waals surface area contributed by atoms with Crippen molar-refractivity contribution in [1.29, 1.82) is 0 Å². The van der Waals surface area contributed by atoms with Crippen molar-refractivity contribution in [3.63, 3.8) is 0 Å². The highest BCUT2D eigenvalue weighted by molar-refractivity contribution is 5.03. The minimum absolute atomic E-state index is 0.248. The zero-order chi connectivity index (χ0) is 14.7. The van der Waals surface area contributed by atoms with Gasteiger partial charge >= 0.3 is 5.69 Å². The quantitative estimate of drug-likeness (QED) is 0.850. The fraction of sp³-hybridized carbons (Fsp3) is 0.643. The van der Waals surface area contributed by atoms with Crippen LogP contribution in [0.4, 0.5) is 0 Å². The van der Waals surface area contributed by atoms with Gasteiger partial charge in [0.05, 0.1) is 0 Å². The average Bonchev–Trinajstić information content (AvgIpc) is 3.14. The summed E-state index contributed by atoms with van der Waals surface area (Å²) in [5.41, 5.74) is -0.248. The molecule has 0 radical (unpaired) electrons. The Morgan fingerprint density at radius 2 is 2.38 bits per heavy atom. The molecule has 3 heterocycles. The first-order valence-electron chi connectivity index (χ1n) is 7.63. The third kappa shape index (κ3) is 3.24. The summed E-state index contributed by atoms with van der Waals surface area (Å²) in [6, 6.07) is 0. The van der Waals surface area contributed by atoms with E-state index in [1.807, 2.05) is 12.4 Å². The molecule has 1 fully saturated rings. The van der Waals surface area contributed by atoms with Gasteiger partial charge in [-0.2, -0.15) is 5.10 Å². The Morgan fingerprint density at radius 3 is 3.14 bits per heavy atom. The van der Waals surface area contributed by atoms with Gasteiger partial charge in [0, 0.05) is 37.8 Å². The predicted molar refractivity (Wildman–Crippen MR) is 79.2 cm³/mol. The molecule has 114 valence electrons. The van der Waals surface area contributed by atoms with Crippen LogP contribution in [0.25, 0.3) is 0 Å². The summed E-state index contributed by atoms with van der Waals surface area (Å²) < 4.78 is 2.19. The van der Waals surface area contributed by atoms with Gasteiger partial charge in [0.15, 0.2) is 0 Å². The Balaban J connectivity index is 1.67. The molecule has 0 bridgehead atoms. The maximum Gasteiger partial charge on any atom is 0.340 e. The van der Waals surface area contributed by atoms with E-state index in [1.54, 1.807) is 0 Å². The average molecular weight is 290 g/mol. The van der Waals surface area contributed by atoms with E-state index in [9.17, 15) is 4.79 Å². The van der Waals surface area contributed by atoms with Crippen LogP contribution in [0.5, 0.6) is 0 Å². The van der Waals surface area contributed by atoms with Crippen LogP contribution in [0, 0.1) is 0 Å². The van der Waals surface area contributed by atoms with Crippen molar-refractivity contribution in [2.45, 2.75) is 38.6 Å². The van der Waals surface area contributed by atoms with Gasteiger partial charge in [0.25, 0.3) is 0 Å². The fourth-order valence-corrected chi connectivity index (χ4v) is 3.07. The topological polar surface area (TPSA) is 82.6 Å². The first-order valence-corrected chi connectivity index (χ1v) is 7.63. The van der Waals surface area contributed by atoms with Gasteiger partial charge in [-0.3, -0.25) is 4.98 Å². The van der Waals surface area contributed by atoms with Crippen LogP contribution in [0.3, 0.4) is 0 Å². The number of imidazole rings is 1. The third-order valence-electron chi connectivity index (χ3n) is 4.21. The first-order chi connectivity index (χ1) is 10.3. The normalized spacial score (nSPS) is 20.0. The van der Waals surface area contributed by atoms with E-state index in [0.29, 0.717) is 18.2 Å². The van der Waals surface area contributed by atoms with Crippen molar-refractivity contribution >= 4 is 0 Å². The number of aromatic nitrogens is 5. The molecule has 1 atom stereocenters. The van der Waals surface area contributed by atoms with Crippen molar-refractivity contribution in [3.8, 4) is 0 Å². The van der Waals surface area contributed by atoms with Crippen molar-refractivity contribution in [3.05, 3.63) is 34.5 Å². The zero-order valence-corrected chi connectivity index (χ0v) is 12.4. The standard InChI is InChI=1S/C14H22N6O/c1-2-19-7-3-4-11(10-19)13-15-6-9-20(13)8-5-12-16-14(21)18-17-12/h6,9,11H,2-5,7-8,10H2,1H3,(H2,16,17,18,21). The number of piperidine rings is 1. The largest absolute Gasteiger partial charge is 0.340 e.